The average Bonchev–Trinajstić information content (AvgIpc) is 2.66. The number of nitrogens with zero attached hydrogens (tertiary/aromatic N) is 1. The third-order valence-electron chi connectivity index (χ3n) is 4.03. The number of methoxy groups -OCH3 is 2. The molecule has 0 bridgehead atoms. The van der Waals surface area contributed by atoms with E-state index in [4.69, 9.17) is 15.2 Å². The van der Waals surface area contributed by atoms with E-state index in [0.29, 0.717) is 30.2 Å². The minimum Gasteiger partial charge on any atom is -0.495 e. The average molecular weight is 371 g/mol. The SMILES string of the molecule is COC(=O)CCN(Cc1ccccc1)c1cc(NC(C)=O)c(N)cc1OC. The van der Waals surface area contributed by atoms with Crippen molar-refractivity contribution in [3.63, 3.8) is 0 Å². The molecule has 0 aliphatic rings. The molecule has 0 saturated carbocycles. The van der Waals surface area contributed by atoms with Gasteiger partial charge in [0.1, 0.15) is 5.75 Å². The van der Waals surface area contributed by atoms with Gasteiger partial charge in [0.25, 0.3) is 0 Å². The van der Waals surface area contributed by atoms with Crippen LogP contribution in [0.25, 0.3) is 0 Å². The van der Waals surface area contributed by atoms with Gasteiger partial charge in [0.2, 0.25) is 5.91 Å². The summed E-state index contributed by atoms with van der Waals surface area (Å²) in [6, 6.07) is 13.3. The fourth-order valence-corrected chi connectivity index (χ4v) is 2.71. The zero-order valence-corrected chi connectivity index (χ0v) is 15.8. The molecule has 0 aromatic heterocycles. The lowest BCUT2D eigenvalue weighted by Gasteiger charge is -2.27. The van der Waals surface area contributed by atoms with E-state index in [1.165, 1.54) is 14.0 Å². The Hall–Kier alpha value is -3.22. The Kier molecular flexibility index (Phi) is 7.05. The third kappa shape index (κ3) is 5.64. The highest BCUT2D eigenvalue weighted by Crippen LogP contribution is 2.36. The normalized spacial score (nSPS) is 10.2. The van der Waals surface area contributed by atoms with Gasteiger partial charge in [-0.05, 0) is 11.6 Å². The van der Waals surface area contributed by atoms with Crippen molar-refractivity contribution in [3.05, 3.63) is 48.0 Å². The summed E-state index contributed by atoms with van der Waals surface area (Å²) in [6.45, 7) is 2.39. The first-order valence-corrected chi connectivity index (χ1v) is 8.55. The summed E-state index contributed by atoms with van der Waals surface area (Å²) in [4.78, 5) is 25.1. The van der Waals surface area contributed by atoms with Gasteiger partial charge in [-0.2, -0.15) is 0 Å². The molecule has 7 nitrogen and oxygen atoms in total. The summed E-state index contributed by atoms with van der Waals surface area (Å²) >= 11 is 0. The fourth-order valence-electron chi connectivity index (χ4n) is 2.71. The third-order valence-corrected chi connectivity index (χ3v) is 4.03. The molecule has 144 valence electrons. The van der Waals surface area contributed by atoms with Gasteiger partial charge in [-0.25, -0.2) is 0 Å². The van der Waals surface area contributed by atoms with Gasteiger partial charge in [0, 0.05) is 26.1 Å². The molecule has 2 aromatic carbocycles. The molecule has 7 heteroatoms. The van der Waals surface area contributed by atoms with Crippen LogP contribution in [-0.2, 0) is 20.9 Å². The number of nitrogen functional groups attached to an aromatic ring is 1. The van der Waals surface area contributed by atoms with Gasteiger partial charge in [-0.15, -0.1) is 0 Å². The highest BCUT2D eigenvalue weighted by molar-refractivity contribution is 5.94. The standard InChI is InChI=1S/C20H25N3O4/c1-14(24)22-17-12-18(19(26-2)11-16(17)21)23(10-9-20(25)27-3)13-15-7-5-4-6-8-15/h4-8,11-12H,9-10,13,21H2,1-3H3,(H,22,24). The van der Waals surface area contributed by atoms with Crippen molar-refractivity contribution >= 4 is 28.9 Å². The maximum absolute atomic E-state index is 11.7. The second kappa shape index (κ2) is 9.47. The first-order chi connectivity index (χ1) is 12.9. The molecule has 0 saturated heterocycles. The van der Waals surface area contributed by atoms with Crippen LogP contribution in [0, 0.1) is 0 Å². The predicted molar refractivity (Wildman–Crippen MR) is 106 cm³/mol. The van der Waals surface area contributed by atoms with Crippen molar-refractivity contribution in [3.8, 4) is 5.75 Å². The number of esters is 1. The number of hydrogen-bond donors (Lipinski definition) is 2. The van der Waals surface area contributed by atoms with E-state index in [2.05, 4.69) is 5.32 Å². The van der Waals surface area contributed by atoms with Crippen LogP contribution < -0.4 is 20.7 Å². The molecule has 27 heavy (non-hydrogen) atoms. The summed E-state index contributed by atoms with van der Waals surface area (Å²) in [6.07, 6.45) is 0.215. The summed E-state index contributed by atoms with van der Waals surface area (Å²) in [5.74, 6) is 0.0361. The minimum atomic E-state index is -0.301. The summed E-state index contributed by atoms with van der Waals surface area (Å²) in [5, 5.41) is 2.72. The van der Waals surface area contributed by atoms with Crippen LogP contribution in [-0.4, -0.2) is 32.6 Å². The van der Waals surface area contributed by atoms with Gasteiger partial charge < -0.3 is 25.4 Å². The van der Waals surface area contributed by atoms with Crippen LogP contribution in [0.4, 0.5) is 17.1 Å². The second-order valence-electron chi connectivity index (χ2n) is 6.03. The van der Waals surface area contributed by atoms with Crippen LogP contribution in [0.5, 0.6) is 5.75 Å². The summed E-state index contributed by atoms with van der Waals surface area (Å²) in [5.41, 5.74) is 8.72. The predicted octanol–water partition coefficient (Wildman–Crippen LogP) is 2.81. The molecule has 0 aliphatic carbocycles. The van der Waals surface area contributed by atoms with Crippen molar-refractivity contribution in [2.75, 3.05) is 36.7 Å². The number of hydrogen-bond acceptors (Lipinski definition) is 6. The number of carbonyl (C=O) groups excluding carboxylic acids is 2. The molecule has 2 rings (SSSR count). The monoisotopic (exact) mass is 371 g/mol. The quantitative estimate of drug-likeness (QED) is 0.547. The van der Waals surface area contributed by atoms with Crippen molar-refractivity contribution in [1.82, 2.24) is 0 Å². The molecular weight excluding hydrogens is 346 g/mol. The highest BCUT2D eigenvalue weighted by atomic mass is 16.5. The van der Waals surface area contributed by atoms with Crippen molar-refractivity contribution < 1.29 is 19.1 Å². The van der Waals surface area contributed by atoms with E-state index in [9.17, 15) is 9.59 Å². The molecule has 0 radical (unpaired) electrons. The van der Waals surface area contributed by atoms with Crippen LogP contribution in [0.15, 0.2) is 42.5 Å². The Morgan fingerprint density at radius 3 is 2.44 bits per heavy atom. The molecule has 1 amide bonds. The van der Waals surface area contributed by atoms with E-state index in [1.54, 1.807) is 19.2 Å². The molecule has 0 heterocycles. The van der Waals surface area contributed by atoms with Crippen molar-refractivity contribution in [2.24, 2.45) is 0 Å². The van der Waals surface area contributed by atoms with Crippen molar-refractivity contribution in [1.29, 1.82) is 0 Å². The highest BCUT2D eigenvalue weighted by Gasteiger charge is 2.18. The Labute approximate surface area is 159 Å². The van der Waals surface area contributed by atoms with Gasteiger partial charge >= 0.3 is 5.97 Å². The number of benzene rings is 2. The maximum Gasteiger partial charge on any atom is 0.307 e. The van der Waals surface area contributed by atoms with Gasteiger partial charge in [-0.3, -0.25) is 9.59 Å². The number of amides is 1. The van der Waals surface area contributed by atoms with Crippen molar-refractivity contribution in [2.45, 2.75) is 19.9 Å². The lowest BCUT2D eigenvalue weighted by Crippen LogP contribution is -2.27. The molecule has 0 unspecified atom stereocenters. The van der Waals surface area contributed by atoms with E-state index in [1.807, 2.05) is 35.2 Å². The van der Waals surface area contributed by atoms with Crippen LogP contribution in [0.3, 0.4) is 0 Å². The molecule has 0 aliphatic heterocycles. The van der Waals surface area contributed by atoms with E-state index in [0.717, 1.165) is 11.3 Å². The largest absolute Gasteiger partial charge is 0.495 e. The zero-order valence-electron chi connectivity index (χ0n) is 15.8. The van der Waals surface area contributed by atoms with Crippen LogP contribution in [0.2, 0.25) is 0 Å². The van der Waals surface area contributed by atoms with E-state index >= 15 is 0 Å². The van der Waals surface area contributed by atoms with Gasteiger partial charge in [-0.1, -0.05) is 30.3 Å². The maximum atomic E-state index is 11.7. The molecule has 3 N–H and O–H groups in total. The molecular formula is C20H25N3O4. The zero-order chi connectivity index (χ0) is 19.8. The smallest absolute Gasteiger partial charge is 0.307 e. The van der Waals surface area contributed by atoms with E-state index in [-0.39, 0.29) is 18.3 Å². The molecule has 0 atom stereocenters. The van der Waals surface area contributed by atoms with E-state index < -0.39 is 0 Å². The van der Waals surface area contributed by atoms with Gasteiger partial charge in [0.15, 0.2) is 0 Å². The first-order valence-electron chi connectivity index (χ1n) is 8.55. The number of nitrogens with two attached hydrogens (primary N) is 1. The van der Waals surface area contributed by atoms with Gasteiger partial charge in [0.05, 0.1) is 37.7 Å². The number of ether oxygens (including phenoxy) is 2. The fraction of sp³-hybridized carbons (Fsp3) is 0.300. The number of anilines is 3. The van der Waals surface area contributed by atoms with Crippen LogP contribution >= 0.6 is 0 Å². The molecule has 0 spiro atoms. The summed E-state index contributed by atoms with van der Waals surface area (Å²) < 4.78 is 10.3. The summed E-state index contributed by atoms with van der Waals surface area (Å²) in [7, 11) is 2.92. The minimum absolute atomic E-state index is 0.215. The Morgan fingerprint density at radius 2 is 1.85 bits per heavy atom. The Bertz CT molecular complexity index is 793. The number of nitrogens with one attached hydrogen (secondary N) is 1. The Balaban J connectivity index is 2.41. The molecule has 2 aromatic rings. The lowest BCUT2D eigenvalue weighted by molar-refractivity contribution is -0.140. The first kappa shape index (κ1) is 20.1. The Morgan fingerprint density at radius 1 is 1.15 bits per heavy atom. The molecule has 0 fully saturated rings. The topological polar surface area (TPSA) is 93.9 Å². The van der Waals surface area contributed by atoms with Crippen LogP contribution in [0.1, 0.15) is 18.9 Å². The number of carbonyl (C=O) groups is 2. The lowest BCUT2D eigenvalue weighted by atomic mass is 10.1. The number of rotatable bonds is 8. The second-order valence-corrected chi connectivity index (χ2v) is 6.03.